The van der Waals surface area contributed by atoms with Gasteiger partial charge < -0.3 is 9.84 Å². The van der Waals surface area contributed by atoms with Crippen molar-refractivity contribution < 1.29 is 14.6 Å². The van der Waals surface area contributed by atoms with Crippen LogP contribution in [0.25, 0.3) is 10.9 Å². The number of carbonyl (C=O) groups excluding carboxylic acids is 1. The summed E-state index contributed by atoms with van der Waals surface area (Å²) in [4.78, 5) is 15.9. The van der Waals surface area contributed by atoms with Crippen molar-refractivity contribution in [3.05, 3.63) is 33.9 Å². The van der Waals surface area contributed by atoms with Gasteiger partial charge in [0.1, 0.15) is 11.3 Å². The number of carbonyl (C=O) groups is 1. The molecular weight excluding hydrogens is 310 g/mol. The van der Waals surface area contributed by atoms with Crippen LogP contribution >= 0.6 is 15.9 Å². The van der Waals surface area contributed by atoms with Crippen molar-refractivity contribution in [3.63, 3.8) is 0 Å². The summed E-state index contributed by atoms with van der Waals surface area (Å²) in [6.07, 6.45) is 2.16. The minimum absolute atomic E-state index is 0.0781. The van der Waals surface area contributed by atoms with E-state index in [4.69, 9.17) is 4.74 Å². The molecule has 0 atom stereocenters. The highest BCUT2D eigenvalue weighted by Crippen LogP contribution is 2.31. The summed E-state index contributed by atoms with van der Waals surface area (Å²) < 4.78 is 5.83. The van der Waals surface area contributed by atoms with Crippen molar-refractivity contribution in [2.45, 2.75) is 20.3 Å². The quantitative estimate of drug-likeness (QED) is 0.879. The Hall–Kier alpha value is -1.62. The molecule has 0 unspecified atom stereocenters. The molecule has 0 aliphatic rings. The number of hydrogen-bond acceptors (Lipinski definition) is 4. The van der Waals surface area contributed by atoms with Crippen LogP contribution in [-0.4, -0.2) is 22.7 Å². The lowest BCUT2D eigenvalue weighted by atomic mass is 10.1. The second-order valence-electron chi connectivity index (χ2n) is 4.06. The number of esters is 1. The number of aromatic hydroxyl groups is 1. The minimum atomic E-state index is -0.560. The number of pyridine rings is 1. The van der Waals surface area contributed by atoms with Crippen LogP contribution in [0.2, 0.25) is 0 Å². The van der Waals surface area contributed by atoms with Gasteiger partial charge in [0.05, 0.1) is 12.1 Å². The number of nitrogens with zero attached hydrogens (tertiary/aromatic N) is 1. The highest BCUT2D eigenvalue weighted by atomic mass is 79.9. The maximum Gasteiger partial charge on any atom is 0.343 e. The van der Waals surface area contributed by atoms with Crippen molar-refractivity contribution in [3.8, 4) is 5.75 Å². The van der Waals surface area contributed by atoms with E-state index in [1.165, 1.54) is 6.20 Å². The zero-order valence-corrected chi connectivity index (χ0v) is 12.3. The molecule has 1 aromatic heterocycles. The van der Waals surface area contributed by atoms with Crippen molar-refractivity contribution in [1.82, 2.24) is 4.98 Å². The van der Waals surface area contributed by atoms with Crippen LogP contribution in [0.3, 0.4) is 0 Å². The molecule has 0 saturated heterocycles. The van der Waals surface area contributed by atoms with Gasteiger partial charge >= 0.3 is 5.97 Å². The Balaban J connectivity index is 2.63. The lowest BCUT2D eigenvalue weighted by Crippen LogP contribution is -2.05. The molecule has 1 heterocycles. The Morgan fingerprint density at radius 2 is 2.16 bits per heavy atom. The van der Waals surface area contributed by atoms with Gasteiger partial charge in [0.25, 0.3) is 0 Å². The molecule has 0 aliphatic carbocycles. The lowest BCUT2D eigenvalue weighted by molar-refractivity contribution is 0.0523. The van der Waals surface area contributed by atoms with E-state index in [1.54, 1.807) is 6.92 Å². The van der Waals surface area contributed by atoms with Crippen LogP contribution in [0.4, 0.5) is 0 Å². The molecule has 0 amide bonds. The first-order valence-electron chi connectivity index (χ1n) is 6.05. The van der Waals surface area contributed by atoms with E-state index in [0.717, 1.165) is 16.5 Å². The van der Waals surface area contributed by atoms with E-state index < -0.39 is 5.97 Å². The summed E-state index contributed by atoms with van der Waals surface area (Å²) in [5.74, 6) is -0.638. The van der Waals surface area contributed by atoms with Gasteiger partial charge in [-0.25, -0.2) is 4.79 Å². The minimum Gasteiger partial charge on any atom is -0.506 e. The Morgan fingerprint density at radius 3 is 2.79 bits per heavy atom. The number of rotatable bonds is 3. The van der Waals surface area contributed by atoms with Crippen LogP contribution in [0, 0.1) is 0 Å². The summed E-state index contributed by atoms with van der Waals surface area (Å²) in [5.41, 5.74) is 1.78. The molecule has 1 aromatic carbocycles. The molecule has 0 fully saturated rings. The summed E-state index contributed by atoms with van der Waals surface area (Å²) >= 11 is 3.46. The zero-order chi connectivity index (χ0) is 14.0. The molecule has 0 spiro atoms. The Kier molecular flexibility index (Phi) is 4.04. The van der Waals surface area contributed by atoms with Crippen LogP contribution in [0.1, 0.15) is 29.8 Å². The smallest absolute Gasteiger partial charge is 0.343 e. The van der Waals surface area contributed by atoms with Crippen molar-refractivity contribution in [2.24, 2.45) is 0 Å². The standard InChI is InChI=1S/C14H14BrNO3/c1-3-8-5-9-12(6-11(8)15)16-7-10(13(9)17)14(18)19-4-2/h5-7H,3-4H2,1-2H3,(H,16,17). The number of ether oxygens (including phenoxy) is 1. The third-order valence-corrected chi connectivity index (χ3v) is 3.62. The summed E-state index contributed by atoms with van der Waals surface area (Å²) in [6, 6.07) is 3.67. The number of aryl methyl sites for hydroxylation is 1. The highest BCUT2D eigenvalue weighted by Gasteiger charge is 2.16. The second-order valence-corrected chi connectivity index (χ2v) is 4.91. The van der Waals surface area contributed by atoms with Gasteiger partial charge in [-0.2, -0.15) is 0 Å². The van der Waals surface area contributed by atoms with E-state index >= 15 is 0 Å². The molecule has 2 aromatic rings. The number of aromatic nitrogens is 1. The molecule has 0 aliphatic heterocycles. The fourth-order valence-corrected chi connectivity index (χ4v) is 2.49. The maximum atomic E-state index is 11.7. The fourth-order valence-electron chi connectivity index (χ4n) is 1.87. The monoisotopic (exact) mass is 323 g/mol. The number of benzene rings is 1. The van der Waals surface area contributed by atoms with E-state index in [-0.39, 0.29) is 17.9 Å². The third kappa shape index (κ3) is 2.56. The van der Waals surface area contributed by atoms with Crippen molar-refractivity contribution in [2.75, 3.05) is 6.61 Å². The number of halogens is 1. The first-order valence-corrected chi connectivity index (χ1v) is 6.85. The van der Waals surface area contributed by atoms with Gasteiger partial charge in [0.15, 0.2) is 0 Å². The van der Waals surface area contributed by atoms with Crippen molar-refractivity contribution in [1.29, 1.82) is 0 Å². The Bertz CT molecular complexity index is 640. The number of hydrogen-bond donors (Lipinski definition) is 1. The lowest BCUT2D eigenvalue weighted by Gasteiger charge is -2.09. The Morgan fingerprint density at radius 1 is 1.42 bits per heavy atom. The van der Waals surface area contributed by atoms with Gasteiger partial charge in [-0.05, 0) is 31.0 Å². The van der Waals surface area contributed by atoms with Crippen LogP contribution in [-0.2, 0) is 11.2 Å². The first-order chi connectivity index (χ1) is 9.08. The fraction of sp³-hybridized carbons (Fsp3) is 0.286. The van der Waals surface area contributed by atoms with Gasteiger partial charge in [-0.3, -0.25) is 4.98 Å². The second kappa shape index (κ2) is 5.57. The SMILES string of the molecule is CCOC(=O)c1cnc2cc(Br)c(CC)cc2c1O. The topological polar surface area (TPSA) is 59.4 Å². The van der Waals surface area contributed by atoms with Crippen molar-refractivity contribution >= 4 is 32.8 Å². The van der Waals surface area contributed by atoms with Gasteiger partial charge in [0.2, 0.25) is 0 Å². The molecule has 0 radical (unpaired) electrons. The van der Waals surface area contributed by atoms with Gasteiger partial charge in [-0.1, -0.05) is 22.9 Å². The normalized spacial score (nSPS) is 10.7. The highest BCUT2D eigenvalue weighted by molar-refractivity contribution is 9.10. The van der Waals surface area contributed by atoms with E-state index in [2.05, 4.69) is 20.9 Å². The van der Waals surface area contributed by atoms with E-state index in [9.17, 15) is 9.90 Å². The summed E-state index contributed by atoms with van der Waals surface area (Å²) in [5, 5.41) is 10.8. The summed E-state index contributed by atoms with van der Waals surface area (Å²) in [7, 11) is 0. The molecule has 5 heteroatoms. The Labute approximate surface area is 119 Å². The molecule has 4 nitrogen and oxygen atoms in total. The van der Waals surface area contributed by atoms with E-state index in [1.807, 2.05) is 19.1 Å². The average Bonchev–Trinajstić information content (AvgIpc) is 2.38. The first kappa shape index (κ1) is 13.8. The molecule has 19 heavy (non-hydrogen) atoms. The molecule has 2 rings (SSSR count). The average molecular weight is 324 g/mol. The number of fused-ring (bicyclic) bond motifs is 1. The third-order valence-electron chi connectivity index (χ3n) is 2.88. The molecule has 0 bridgehead atoms. The van der Waals surface area contributed by atoms with Crippen LogP contribution < -0.4 is 0 Å². The van der Waals surface area contributed by atoms with Gasteiger partial charge in [0, 0.05) is 16.1 Å². The van der Waals surface area contributed by atoms with E-state index in [0.29, 0.717) is 10.9 Å². The van der Waals surface area contributed by atoms with Gasteiger partial charge in [-0.15, -0.1) is 0 Å². The molecular formula is C14H14BrNO3. The predicted molar refractivity (Wildman–Crippen MR) is 76.4 cm³/mol. The molecule has 0 saturated carbocycles. The van der Waals surface area contributed by atoms with Crippen LogP contribution in [0.5, 0.6) is 5.75 Å². The molecule has 100 valence electrons. The maximum absolute atomic E-state index is 11.7. The summed E-state index contributed by atoms with van der Waals surface area (Å²) in [6.45, 7) is 4.00. The predicted octanol–water partition coefficient (Wildman–Crippen LogP) is 3.44. The zero-order valence-electron chi connectivity index (χ0n) is 10.7. The largest absolute Gasteiger partial charge is 0.506 e. The van der Waals surface area contributed by atoms with Crippen LogP contribution in [0.15, 0.2) is 22.8 Å². The molecule has 1 N–H and O–H groups in total.